The third-order valence-corrected chi connectivity index (χ3v) is 3.99. The molecule has 5 heteroatoms. The van der Waals surface area contributed by atoms with E-state index in [9.17, 15) is 9.18 Å². The minimum atomic E-state index is -0.332. The molecule has 0 bridgehead atoms. The zero-order chi connectivity index (χ0) is 17.6. The number of anilines is 1. The lowest BCUT2D eigenvalue weighted by molar-refractivity contribution is -0.116. The van der Waals surface area contributed by atoms with Gasteiger partial charge < -0.3 is 14.6 Å². The molecule has 0 saturated heterocycles. The summed E-state index contributed by atoms with van der Waals surface area (Å²) in [6.45, 7) is 0. The van der Waals surface area contributed by atoms with Crippen LogP contribution in [0.25, 0.3) is 0 Å². The number of rotatable bonds is 6. The fourth-order valence-corrected chi connectivity index (χ4v) is 2.70. The van der Waals surface area contributed by atoms with Gasteiger partial charge in [0, 0.05) is 18.1 Å². The molecule has 128 valence electrons. The van der Waals surface area contributed by atoms with Gasteiger partial charge in [0.1, 0.15) is 11.6 Å². The molecule has 1 N–H and O–H groups in total. The van der Waals surface area contributed by atoms with Crippen LogP contribution in [0.15, 0.2) is 73.1 Å². The lowest BCUT2D eigenvalue weighted by Crippen LogP contribution is -2.19. The van der Waals surface area contributed by atoms with Gasteiger partial charge in [0.2, 0.25) is 5.91 Å². The highest BCUT2D eigenvalue weighted by molar-refractivity contribution is 5.91. The fourth-order valence-electron chi connectivity index (χ4n) is 2.70. The highest BCUT2D eigenvalue weighted by atomic mass is 19.1. The van der Waals surface area contributed by atoms with Crippen LogP contribution in [0.4, 0.5) is 10.1 Å². The minimum absolute atomic E-state index is 0.138. The number of nitrogens with zero attached hydrogens (tertiary/aromatic N) is 1. The molecule has 3 rings (SSSR count). The Kier molecular flexibility index (Phi) is 5.14. The van der Waals surface area contributed by atoms with E-state index in [1.807, 2.05) is 53.4 Å². The summed E-state index contributed by atoms with van der Waals surface area (Å²) in [5.74, 6) is 0.299. The minimum Gasteiger partial charge on any atom is -0.497 e. The second-order valence-electron chi connectivity index (χ2n) is 5.68. The predicted molar refractivity (Wildman–Crippen MR) is 95.2 cm³/mol. The summed E-state index contributed by atoms with van der Waals surface area (Å²) in [5.41, 5.74) is 1.58. The Bertz CT molecular complexity index is 812. The number of hydrogen-bond donors (Lipinski definition) is 1. The number of carbonyl (C=O) groups is 1. The molecule has 3 aromatic rings. The van der Waals surface area contributed by atoms with Crippen LogP contribution in [-0.2, 0) is 4.79 Å². The molecular formula is C20H19FN2O2. The maximum absolute atomic E-state index is 13.0. The maximum atomic E-state index is 13.0. The summed E-state index contributed by atoms with van der Waals surface area (Å²) in [5, 5.41) is 2.81. The largest absolute Gasteiger partial charge is 0.497 e. The van der Waals surface area contributed by atoms with Gasteiger partial charge in [-0.15, -0.1) is 0 Å². The van der Waals surface area contributed by atoms with Crippen LogP contribution in [0.5, 0.6) is 5.75 Å². The van der Waals surface area contributed by atoms with E-state index in [1.54, 1.807) is 19.2 Å². The van der Waals surface area contributed by atoms with Gasteiger partial charge >= 0.3 is 0 Å². The summed E-state index contributed by atoms with van der Waals surface area (Å²) in [6.07, 6.45) is 4.12. The first-order chi connectivity index (χ1) is 12.2. The zero-order valence-electron chi connectivity index (χ0n) is 13.9. The van der Waals surface area contributed by atoms with Crippen molar-refractivity contribution in [3.63, 3.8) is 0 Å². The number of halogens is 1. The molecule has 0 aliphatic heterocycles. The van der Waals surface area contributed by atoms with Gasteiger partial charge in [-0.1, -0.05) is 12.1 Å². The quantitative estimate of drug-likeness (QED) is 0.730. The van der Waals surface area contributed by atoms with Crippen molar-refractivity contribution >= 4 is 11.6 Å². The van der Waals surface area contributed by atoms with Crippen LogP contribution >= 0.6 is 0 Å². The number of aromatic nitrogens is 1. The van der Waals surface area contributed by atoms with Crippen molar-refractivity contribution in [3.8, 4) is 5.75 Å². The molecule has 0 aliphatic rings. The van der Waals surface area contributed by atoms with Gasteiger partial charge in [0.15, 0.2) is 0 Å². The number of methoxy groups -OCH3 is 1. The van der Waals surface area contributed by atoms with Crippen molar-refractivity contribution in [2.24, 2.45) is 0 Å². The lowest BCUT2D eigenvalue weighted by atomic mass is 10.0. The Morgan fingerprint density at radius 3 is 2.32 bits per heavy atom. The predicted octanol–water partition coefficient (Wildman–Crippen LogP) is 4.25. The van der Waals surface area contributed by atoms with Crippen LogP contribution in [0.2, 0.25) is 0 Å². The van der Waals surface area contributed by atoms with Crippen molar-refractivity contribution in [3.05, 3.63) is 84.4 Å². The average Bonchev–Trinajstić information content (AvgIpc) is 3.16. The molecule has 2 aromatic carbocycles. The number of carbonyl (C=O) groups excluding carboxylic acids is 1. The molecule has 0 saturated carbocycles. The van der Waals surface area contributed by atoms with Crippen molar-refractivity contribution in [1.29, 1.82) is 0 Å². The summed E-state index contributed by atoms with van der Waals surface area (Å²) < 4.78 is 20.2. The van der Waals surface area contributed by atoms with Crippen molar-refractivity contribution in [2.75, 3.05) is 12.4 Å². The SMILES string of the molecule is COc1ccc([C@@H](CC(=O)Nc2ccc(F)cc2)n2cccc2)cc1. The Balaban J connectivity index is 1.77. The highest BCUT2D eigenvalue weighted by Gasteiger charge is 2.17. The molecule has 1 atom stereocenters. The number of ether oxygens (including phenoxy) is 1. The van der Waals surface area contributed by atoms with Crippen LogP contribution in [0, 0.1) is 5.82 Å². The summed E-state index contributed by atoms with van der Waals surface area (Å²) >= 11 is 0. The average molecular weight is 338 g/mol. The van der Waals surface area contributed by atoms with Crippen LogP contribution in [0.3, 0.4) is 0 Å². The highest BCUT2D eigenvalue weighted by Crippen LogP contribution is 2.25. The van der Waals surface area contributed by atoms with E-state index in [0.29, 0.717) is 5.69 Å². The summed E-state index contributed by atoms with van der Waals surface area (Å²) in [6, 6.07) is 17.1. The number of benzene rings is 2. The molecule has 0 aliphatic carbocycles. The molecule has 0 spiro atoms. The van der Waals surface area contributed by atoms with Crippen LogP contribution in [-0.4, -0.2) is 17.6 Å². The number of amides is 1. The summed E-state index contributed by atoms with van der Waals surface area (Å²) in [7, 11) is 1.62. The monoisotopic (exact) mass is 338 g/mol. The standard InChI is InChI=1S/C20H19FN2O2/c1-25-18-10-4-15(5-11-18)19(23-12-2-3-13-23)14-20(24)22-17-8-6-16(21)7-9-17/h2-13,19H,14H2,1H3,(H,22,24)/t19-/m1/s1. The van der Waals surface area contributed by atoms with Gasteiger partial charge in [-0.3, -0.25) is 4.79 Å². The molecular weight excluding hydrogens is 319 g/mol. The number of hydrogen-bond acceptors (Lipinski definition) is 2. The Labute approximate surface area is 145 Å². The topological polar surface area (TPSA) is 43.3 Å². The molecule has 4 nitrogen and oxygen atoms in total. The molecule has 0 radical (unpaired) electrons. The van der Waals surface area contributed by atoms with Gasteiger partial charge in [0.05, 0.1) is 19.6 Å². The van der Waals surface area contributed by atoms with E-state index in [4.69, 9.17) is 4.74 Å². The van der Waals surface area contributed by atoms with Crippen LogP contribution in [0.1, 0.15) is 18.0 Å². The van der Waals surface area contributed by atoms with Crippen LogP contribution < -0.4 is 10.1 Å². The smallest absolute Gasteiger partial charge is 0.226 e. The summed E-state index contributed by atoms with van der Waals surface area (Å²) in [4.78, 5) is 12.5. The molecule has 0 fully saturated rings. The number of nitrogens with one attached hydrogen (secondary N) is 1. The van der Waals surface area contributed by atoms with Crippen molar-refractivity contribution < 1.29 is 13.9 Å². The van der Waals surface area contributed by atoms with Crippen molar-refractivity contribution in [1.82, 2.24) is 4.57 Å². The van der Waals surface area contributed by atoms with E-state index >= 15 is 0 Å². The second kappa shape index (κ2) is 7.66. The molecule has 25 heavy (non-hydrogen) atoms. The fraction of sp³-hybridized carbons (Fsp3) is 0.150. The van der Waals surface area contributed by atoms with Gasteiger partial charge in [-0.25, -0.2) is 4.39 Å². The zero-order valence-corrected chi connectivity index (χ0v) is 13.9. The first-order valence-electron chi connectivity index (χ1n) is 7.97. The van der Waals surface area contributed by atoms with E-state index in [0.717, 1.165) is 11.3 Å². The molecule has 1 heterocycles. The lowest BCUT2D eigenvalue weighted by Gasteiger charge is -2.19. The Morgan fingerprint density at radius 2 is 1.72 bits per heavy atom. The van der Waals surface area contributed by atoms with E-state index in [-0.39, 0.29) is 24.2 Å². The normalized spacial score (nSPS) is 11.8. The van der Waals surface area contributed by atoms with Gasteiger partial charge in [-0.05, 0) is 54.1 Å². The van der Waals surface area contributed by atoms with E-state index in [2.05, 4.69) is 5.32 Å². The first-order valence-corrected chi connectivity index (χ1v) is 7.97. The molecule has 0 unspecified atom stereocenters. The molecule has 1 aromatic heterocycles. The van der Waals surface area contributed by atoms with E-state index in [1.165, 1.54) is 12.1 Å². The van der Waals surface area contributed by atoms with Gasteiger partial charge in [-0.2, -0.15) is 0 Å². The maximum Gasteiger partial charge on any atom is 0.226 e. The van der Waals surface area contributed by atoms with Gasteiger partial charge in [0.25, 0.3) is 0 Å². The first kappa shape index (κ1) is 16.8. The van der Waals surface area contributed by atoms with E-state index < -0.39 is 0 Å². The Morgan fingerprint density at radius 1 is 1.08 bits per heavy atom. The third kappa shape index (κ3) is 4.26. The van der Waals surface area contributed by atoms with Crippen molar-refractivity contribution in [2.45, 2.75) is 12.5 Å². The second-order valence-corrected chi connectivity index (χ2v) is 5.68. The third-order valence-electron chi connectivity index (χ3n) is 3.99. The Hall–Kier alpha value is -3.08. The molecule has 1 amide bonds.